The maximum absolute atomic E-state index is 13.1. The van der Waals surface area contributed by atoms with Crippen LogP contribution in [0.2, 0.25) is 5.15 Å². The molecule has 3 unspecified atom stereocenters. The number of amides is 2. The third-order valence-electron chi connectivity index (χ3n) is 8.86. The van der Waals surface area contributed by atoms with Crippen molar-refractivity contribution in [3.63, 3.8) is 0 Å². The molecular weight excluding hydrogens is 691 g/mol. The summed E-state index contributed by atoms with van der Waals surface area (Å²) in [6.45, 7) is 4.91. The van der Waals surface area contributed by atoms with Crippen molar-refractivity contribution in [2.24, 2.45) is 17.8 Å². The monoisotopic (exact) mass is 727 g/mol. The Bertz CT molecular complexity index is 1810. The SMILES string of the molecule is CN(CCCC1CN(C(=O)O)C(C)(C)C1)c1cccc(S(=O)(=O)NC(=O)c2ccc(-n3ccc(OCCC4CC4C(F)(F)F)n3)nc2Cl)n1. The Morgan fingerprint density at radius 2 is 1.92 bits per heavy atom. The average molecular weight is 728 g/mol. The number of aromatic nitrogens is 4. The number of alkyl halides is 3. The van der Waals surface area contributed by atoms with Gasteiger partial charge in [-0.2, -0.15) is 21.6 Å². The Kier molecular flexibility index (Phi) is 10.3. The van der Waals surface area contributed by atoms with Crippen LogP contribution in [0.4, 0.5) is 23.8 Å². The number of nitrogens with zero attached hydrogens (tertiary/aromatic N) is 6. The maximum atomic E-state index is 13.1. The molecular formula is C31H37ClF3N7O6S. The smallest absolute Gasteiger partial charge is 0.407 e. The second-order valence-corrected chi connectivity index (χ2v) is 15.0. The van der Waals surface area contributed by atoms with E-state index in [0.29, 0.717) is 18.9 Å². The van der Waals surface area contributed by atoms with Crippen LogP contribution in [0.25, 0.3) is 5.82 Å². The summed E-state index contributed by atoms with van der Waals surface area (Å²) >= 11 is 6.25. The van der Waals surface area contributed by atoms with E-state index in [0.717, 1.165) is 19.3 Å². The molecule has 1 saturated carbocycles. The molecule has 2 amide bonds. The van der Waals surface area contributed by atoms with E-state index in [1.807, 2.05) is 18.6 Å². The summed E-state index contributed by atoms with van der Waals surface area (Å²) in [4.78, 5) is 36.1. The Hall–Kier alpha value is -4.12. The largest absolute Gasteiger partial charge is 0.477 e. The number of carboxylic acid groups (broad SMARTS) is 1. The minimum absolute atomic E-state index is 0.0677. The van der Waals surface area contributed by atoms with E-state index in [4.69, 9.17) is 16.3 Å². The molecule has 0 radical (unpaired) electrons. The summed E-state index contributed by atoms with van der Waals surface area (Å²) < 4.78 is 73.1. The van der Waals surface area contributed by atoms with E-state index >= 15 is 0 Å². The van der Waals surface area contributed by atoms with E-state index in [1.54, 1.807) is 18.0 Å². The van der Waals surface area contributed by atoms with Crippen LogP contribution in [0.1, 0.15) is 56.3 Å². The van der Waals surface area contributed by atoms with Crippen LogP contribution < -0.4 is 14.4 Å². The molecule has 1 aliphatic heterocycles. The van der Waals surface area contributed by atoms with Gasteiger partial charge in [0.05, 0.1) is 18.1 Å². The second kappa shape index (κ2) is 14.0. The number of anilines is 1. The zero-order valence-corrected chi connectivity index (χ0v) is 28.6. The number of halogens is 4. The minimum Gasteiger partial charge on any atom is -0.477 e. The van der Waals surface area contributed by atoms with Crippen molar-refractivity contribution in [2.75, 3.05) is 31.6 Å². The Morgan fingerprint density at radius 1 is 1.16 bits per heavy atom. The van der Waals surface area contributed by atoms with Gasteiger partial charge in [-0.1, -0.05) is 17.7 Å². The standard InChI is InChI=1S/C31H37ClF3N7O6S/c1-30(2)17-19(18-41(30)29(44)45)6-5-13-40(3)23-7-4-8-26(36-23)49(46,47)39-28(43)21-9-10-24(37-27(21)32)42-14-11-25(38-42)48-15-12-20-16-22(20)31(33,34)35/h4,7-11,14,19-20,22H,5-6,12-13,15-18H2,1-3H3,(H,39,43)(H,44,45). The molecule has 49 heavy (non-hydrogen) atoms. The highest BCUT2D eigenvalue weighted by Gasteiger charge is 2.55. The molecule has 2 aliphatic rings. The summed E-state index contributed by atoms with van der Waals surface area (Å²) in [5.41, 5.74) is -0.640. The molecule has 3 aromatic rings. The summed E-state index contributed by atoms with van der Waals surface area (Å²) in [6.07, 6.45) is -0.980. The number of nitrogens with one attached hydrogen (secondary N) is 1. The summed E-state index contributed by atoms with van der Waals surface area (Å²) in [5, 5.41) is 13.0. The lowest BCUT2D eigenvalue weighted by Gasteiger charge is -2.28. The highest BCUT2D eigenvalue weighted by Crippen LogP contribution is 2.51. The molecule has 1 saturated heterocycles. The molecule has 13 nitrogen and oxygen atoms in total. The molecule has 5 rings (SSSR count). The molecule has 3 atom stereocenters. The normalized spacial score (nSPS) is 20.2. The van der Waals surface area contributed by atoms with Crippen molar-refractivity contribution in [3.8, 4) is 11.7 Å². The summed E-state index contributed by atoms with van der Waals surface area (Å²) in [6, 6.07) is 8.59. The fourth-order valence-corrected chi connectivity index (χ4v) is 7.33. The Morgan fingerprint density at radius 3 is 2.57 bits per heavy atom. The van der Waals surface area contributed by atoms with Crippen molar-refractivity contribution in [3.05, 3.63) is 53.3 Å². The van der Waals surface area contributed by atoms with Crippen LogP contribution in [0.3, 0.4) is 0 Å². The number of hydrogen-bond donors (Lipinski definition) is 2. The highest BCUT2D eigenvalue weighted by atomic mass is 35.5. The van der Waals surface area contributed by atoms with Crippen LogP contribution in [0.5, 0.6) is 5.88 Å². The van der Waals surface area contributed by atoms with Gasteiger partial charge in [0.2, 0.25) is 5.88 Å². The first kappa shape index (κ1) is 36.2. The predicted molar refractivity (Wildman–Crippen MR) is 172 cm³/mol. The third kappa shape index (κ3) is 8.73. The van der Waals surface area contributed by atoms with Gasteiger partial charge in [0.15, 0.2) is 10.8 Å². The zero-order valence-electron chi connectivity index (χ0n) is 27.0. The van der Waals surface area contributed by atoms with Crippen LogP contribution in [0.15, 0.2) is 47.6 Å². The first-order valence-corrected chi connectivity index (χ1v) is 17.5. The van der Waals surface area contributed by atoms with Crippen LogP contribution in [0, 0.1) is 17.8 Å². The Labute approximate surface area is 286 Å². The van der Waals surface area contributed by atoms with E-state index in [2.05, 4.69) is 15.1 Å². The molecule has 266 valence electrons. The molecule has 0 aromatic carbocycles. The predicted octanol–water partition coefficient (Wildman–Crippen LogP) is 5.40. The molecule has 2 N–H and O–H groups in total. The lowest BCUT2D eigenvalue weighted by molar-refractivity contribution is -0.151. The van der Waals surface area contributed by atoms with E-state index in [9.17, 15) is 36.3 Å². The van der Waals surface area contributed by atoms with Gasteiger partial charge in [0.1, 0.15) is 11.0 Å². The first-order chi connectivity index (χ1) is 22.9. The number of rotatable bonds is 13. The fraction of sp³-hybridized carbons (Fsp3) is 0.516. The number of sulfonamides is 1. The minimum atomic E-state index is -4.40. The second-order valence-electron chi connectivity index (χ2n) is 13.0. The molecule has 1 aliphatic carbocycles. The maximum Gasteiger partial charge on any atom is 0.407 e. The molecule has 18 heteroatoms. The quantitative estimate of drug-likeness (QED) is 0.219. The van der Waals surface area contributed by atoms with Crippen molar-refractivity contribution in [1.82, 2.24) is 29.4 Å². The number of pyridine rings is 2. The number of likely N-dealkylation sites (tertiary alicyclic amines) is 1. The molecule has 4 heterocycles. The van der Waals surface area contributed by atoms with Gasteiger partial charge in [-0.15, -0.1) is 5.10 Å². The number of carbonyl (C=O) groups is 2. The zero-order chi connectivity index (χ0) is 35.7. The van der Waals surface area contributed by atoms with Gasteiger partial charge in [0.25, 0.3) is 15.9 Å². The number of ether oxygens (including phenoxy) is 1. The molecule has 0 spiro atoms. The van der Waals surface area contributed by atoms with Crippen LogP contribution in [-0.4, -0.2) is 88.6 Å². The van der Waals surface area contributed by atoms with Crippen LogP contribution in [-0.2, 0) is 10.0 Å². The first-order valence-electron chi connectivity index (χ1n) is 15.6. The fourth-order valence-electron chi connectivity index (χ4n) is 6.16. The van der Waals surface area contributed by atoms with Crippen LogP contribution >= 0.6 is 11.6 Å². The highest BCUT2D eigenvalue weighted by molar-refractivity contribution is 7.90. The topological polar surface area (TPSA) is 160 Å². The average Bonchev–Trinajstić information content (AvgIpc) is 3.54. The van der Waals surface area contributed by atoms with Crippen molar-refractivity contribution >= 4 is 39.4 Å². The van der Waals surface area contributed by atoms with Gasteiger partial charge in [-0.25, -0.2) is 24.2 Å². The lowest BCUT2D eigenvalue weighted by Crippen LogP contribution is -2.41. The van der Waals surface area contributed by atoms with E-state index in [-0.39, 0.29) is 52.8 Å². The van der Waals surface area contributed by atoms with E-state index < -0.39 is 45.6 Å². The van der Waals surface area contributed by atoms with E-state index in [1.165, 1.54) is 46.1 Å². The molecule has 2 fully saturated rings. The van der Waals surface area contributed by atoms with Crippen molar-refractivity contribution in [2.45, 2.75) is 62.7 Å². The Balaban J connectivity index is 1.14. The van der Waals surface area contributed by atoms with Gasteiger partial charge < -0.3 is 19.6 Å². The van der Waals surface area contributed by atoms with Gasteiger partial charge >= 0.3 is 12.3 Å². The van der Waals surface area contributed by atoms with Gasteiger partial charge in [-0.3, -0.25) is 4.79 Å². The lowest BCUT2D eigenvalue weighted by atomic mass is 9.93. The third-order valence-corrected chi connectivity index (χ3v) is 10.4. The molecule has 0 bridgehead atoms. The summed E-state index contributed by atoms with van der Waals surface area (Å²) in [7, 11) is -2.64. The summed E-state index contributed by atoms with van der Waals surface area (Å²) in [5.74, 6) is -1.81. The number of hydrogen-bond acceptors (Lipinski definition) is 9. The van der Waals surface area contributed by atoms with Crippen molar-refractivity contribution in [1.29, 1.82) is 0 Å². The van der Waals surface area contributed by atoms with Gasteiger partial charge in [-0.05, 0) is 82.1 Å². The van der Waals surface area contributed by atoms with Crippen molar-refractivity contribution < 1.29 is 41.0 Å². The number of carbonyl (C=O) groups excluding carboxylic acids is 1. The molecule has 3 aromatic heterocycles. The van der Waals surface area contributed by atoms with Gasteiger partial charge in [0, 0.05) is 37.9 Å².